The van der Waals surface area contributed by atoms with Crippen LogP contribution in [0.1, 0.15) is 66.9 Å². The van der Waals surface area contributed by atoms with E-state index < -0.39 is 6.15 Å². The van der Waals surface area contributed by atoms with Crippen molar-refractivity contribution in [2.24, 2.45) is 0 Å². The molecule has 0 heterocycles. The molecule has 0 spiro atoms. The molecule has 0 N–H and O–H groups in total. The highest BCUT2D eigenvalue weighted by molar-refractivity contribution is 7.98. The summed E-state index contributed by atoms with van der Waals surface area (Å²) in [5, 5.41) is 0. The second kappa shape index (κ2) is 14.1. The molecular weight excluding hydrogens is 487 g/mol. The van der Waals surface area contributed by atoms with Crippen LogP contribution in [0, 0.1) is 0 Å². The first-order valence-corrected chi connectivity index (χ1v) is 16.1. The van der Waals surface area contributed by atoms with Crippen LogP contribution in [0.2, 0.25) is 6.32 Å². The van der Waals surface area contributed by atoms with Gasteiger partial charge in [0, 0.05) is 16.5 Å². The van der Waals surface area contributed by atoms with E-state index in [0.717, 1.165) is 0 Å². The minimum absolute atomic E-state index is 0.383. The zero-order valence-electron chi connectivity index (χ0n) is 25.4. The minimum Gasteiger partial charge on any atom is -0.200 e. The Hall–Kier alpha value is -2.71. The van der Waals surface area contributed by atoms with Gasteiger partial charge in [-0.2, -0.15) is 22.7 Å². The molecule has 0 aromatic heterocycles. The molecule has 0 nitrogen and oxygen atoms in total. The molecule has 2 heteroatoms. The average Bonchev–Trinajstić information content (AvgIpc) is 2.94. The Bertz CT molecular complexity index is 1100. The fourth-order valence-corrected chi connectivity index (χ4v) is 9.25. The van der Waals surface area contributed by atoms with Gasteiger partial charge in [-0.3, -0.25) is 0 Å². The third kappa shape index (κ3) is 8.39. The highest BCUT2D eigenvalue weighted by atomic mass is 32.2. The first-order chi connectivity index (χ1) is 18.6. The number of benzene rings is 4. The van der Waals surface area contributed by atoms with E-state index in [4.69, 9.17) is 0 Å². The van der Waals surface area contributed by atoms with Crippen molar-refractivity contribution < 1.29 is 0 Å². The van der Waals surface area contributed by atoms with Crippen molar-refractivity contribution in [3.63, 3.8) is 0 Å². The van der Waals surface area contributed by atoms with E-state index in [0.29, 0.717) is 20.4 Å². The van der Waals surface area contributed by atoms with Crippen molar-refractivity contribution in [2.75, 3.05) is 0 Å². The molecule has 0 saturated carbocycles. The summed E-state index contributed by atoms with van der Waals surface area (Å²) in [5.41, 5.74) is 5.80. The van der Waals surface area contributed by atoms with E-state index in [9.17, 15) is 0 Å². The van der Waals surface area contributed by atoms with Gasteiger partial charge in [-0.1, -0.05) is 141 Å². The van der Waals surface area contributed by atoms with Gasteiger partial charge in [0.1, 0.15) is 15.2 Å². The molecule has 0 bridgehead atoms. The summed E-state index contributed by atoms with van der Waals surface area (Å²) in [6.45, 7) is 16.5. The Balaban J connectivity index is 0.000000231. The molecule has 4 rings (SSSR count). The Morgan fingerprint density at radius 3 is 1.15 bits per heavy atom. The van der Waals surface area contributed by atoms with Gasteiger partial charge in [0.25, 0.3) is 0 Å². The summed E-state index contributed by atoms with van der Waals surface area (Å²) in [7, 11) is 0.390. The van der Waals surface area contributed by atoms with E-state index in [2.05, 4.69) is 170 Å². The second-order valence-electron chi connectivity index (χ2n) is 12.7. The zero-order chi connectivity index (χ0) is 28.4. The monoisotopic (exact) mass is 536 g/mol. The van der Waals surface area contributed by atoms with Crippen LogP contribution in [0.25, 0.3) is 0 Å². The number of hydrogen-bond donors (Lipinski definition) is 0. The minimum atomic E-state index is -0.913. The molecule has 0 aliphatic rings. The maximum atomic E-state index is 2.37. The zero-order valence-corrected chi connectivity index (χ0v) is 26.2. The first-order valence-electron chi connectivity index (χ1n) is 14.7. The molecule has 0 unspecified atom stereocenters. The predicted octanol–water partition coefficient (Wildman–Crippen LogP) is 8.36. The fraction of sp³-hybridized carbons (Fsp3) is 0.351. The molecule has 39 heavy (non-hydrogen) atoms. The third-order valence-corrected chi connectivity index (χ3v) is 11.3. The van der Waals surface area contributed by atoms with Crippen LogP contribution in [0.5, 0.6) is 0 Å². The lowest BCUT2D eigenvalue weighted by atomic mass is 9.14. The van der Waals surface area contributed by atoms with E-state index in [-0.39, 0.29) is 0 Å². The van der Waals surface area contributed by atoms with Gasteiger partial charge in [0.05, 0.1) is 6.15 Å². The lowest BCUT2D eigenvalue weighted by molar-refractivity contribution is 0.716. The first kappa shape index (κ1) is 30.8. The molecule has 4 aromatic rings. The maximum Gasteiger partial charge on any atom is 0.134 e. The smallest absolute Gasteiger partial charge is 0.134 e. The Morgan fingerprint density at radius 1 is 0.513 bits per heavy atom. The number of unbranched alkanes of at least 4 members (excludes halogenated alkanes) is 1. The van der Waals surface area contributed by atoms with E-state index in [1.165, 1.54) is 46.9 Å². The van der Waals surface area contributed by atoms with Crippen LogP contribution in [0.4, 0.5) is 0 Å². The van der Waals surface area contributed by atoms with Gasteiger partial charge in [-0.15, -0.1) is 0 Å². The molecule has 0 fully saturated rings. The van der Waals surface area contributed by atoms with Crippen molar-refractivity contribution in [1.29, 1.82) is 0 Å². The number of rotatable bonds is 8. The van der Waals surface area contributed by atoms with Crippen LogP contribution in [-0.2, 0) is 16.6 Å². The van der Waals surface area contributed by atoms with Crippen molar-refractivity contribution in [1.82, 2.24) is 0 Å². The molecule has 0 atom stereocenters. The standard InChI is InChI=1S/C22H24B.C15H25S/c1-2-3-19-23(20-13-7-4-8-14-20,21-15-9-5-10-16-21)22-17-11-6-12-18-22;1-14(2,3)16(15(4,5)6)12-13-10-8-7-9-11-13/h4-18H,2-3,19H2,1H3;7-11H,12H2,1-6H3/q-1;+1. The van der Waals surface area contributed by atoms with Gasteiger partial charge in [-0.05, 0) is 41.5 Å². The summed E-state index contributed by atoms with van der Waals surface area (Å²) in [5.74, 6) is 1.20. The molecule has 0 saturated heterocycles. The SMILES string of the molecule is CC(C)(C)[S+](Cc1ccccc1)C(C)(C)C.CCCC[B-](c1ccccc1)(c1ccccc1)c1ccccc1. The average molecular weight is 537 g/mol. The second-order valence-corrected chi connectivity index (χ2v) is 16.2. The van der Waals surface area contributed by atoms with Gasteiger partial charge in [0.15, 0.2) is 0 Å². The lowest BCUT2D eigenvalue weighted by Gasteiger charge is -2.43. The molecule has 0 radical (unpaired) electrons. The molecular formula is C37H49BS. The summed E-state index contributed by atoms with van der Waals surface area (Å²) >= 11 is 0. The maximum absolute atomic E-state index is 2.37. The van der Waals surface area contributed by atoms with Crippen LogP contribution in [0.15, 0.2) is 121 Å². The van der Waals surface area contributed by atoms with Crippen LogP contribution >= 0.6 is 0 Å². The number of hydrogen-bond acceptors (Lipinski definition) is 0. The fourth-order valence-electron chi connectivity index (χ4n) is 6.02. The lowest BCUT2D eigenvalue weighted by Crippen LogP contribution is -2.66. The molecule has 4 aromatic carbocycles. The summed E-state index contributed by atoms with van der Waals surface area (Å²) in [6, 6.07) is 44.0. The predicted molar refractivity (Wildman–Crippen MR) is 181 cm³/mol. The molecule has 206 valence electrons. The van der Waals surface area contributed by atoms with Gasteiger partial charge < -0.3 is 0 Å². The summed E-state index contributed by atoms with van der Waals surface area (Å²) in [6.07, 6.45) is 2.73. The highest BCUT2D eigenvalue weighted by Gasteiger charge is 2.44. The molecule has 0 amide bonds. The van der Waals surface area contributed by atoms with Gasteiger partial charge >= 0.3 is 0 Å². The van der Waals surface area contributed by atoms with Crippen LogP contribution in [-0.4, -0.2) is 15.6 Å². The highest BCUT2D eigenvalue weighted by Crippen LogP contribution is 2.33. The van der Waals surface area contributed by atoms with Gasteiger partial charge in [-0.25, -0.2) is 0 Å². The van der Waals surface area contributed by atoms with Crippen molar-refractivity contribution in [3.05, 3.63) is 127 Å². The topological polar surface area (TPSA) is 0 Å². The van der Waals surface area contributed by atoms with Crippen LogP contribution < -0.4 is 16.4 Å². The Kier molecular flexibility index (Phi) is 11.1. The van der Waals surface area contributed by atoms with Gasteiger partial charge in [0.2, 0.25) is 0 Å². The van der Waals surface area contributed by atoms with Crippen molar-refractivity contribution in [3.8, 4) is 0 Å². The van der Waals surface area contributed by atoms with Crippen LogP contribution in [0.3, 0.4) is 0 Å². The van der Waals surface area contributed by atoms with Crippen molar-refractivity contribution in [2.45, 2.75) is 82.9 Å². The summed E-state index contributed by atoms with van der Waals surface area (Å²) in [4.78, 5) is 0. The summed E-state index contributed by atoms with van der Waals surface area (Å²) < 4.78 is 0.766. The normalized spacial score (nSPS) is 12.1. The van der Waals surface area contributed by atoms with E-state index in [1.807, 2.05) is 0 Å². The Morgan fingerprint density at radius 2 is 0.846 bits per heavy atom. The third-order valence-electron chi connectivity index (χ3n) is 7.73. The largest absolute Gasteiger partial charge is 0.200 e. The van der Waals surface area contributed by atoms with Crippen molar-refractivity contribution >= 4 is 33.4 Å². The Labute approximate surface area is 242 Å². The van der Waals surface area contributed by atoms with E-state index >= 15 is 0 Å². The molecule has 0 aliphatic heterocycles. The quantitative estimate of drug-likeness (QED) is 0.157. The molecule has 0 aliphatic carbocycles. The van der Waals surface area contributed by atoms with E-state index in [1.54, 1.807) is 0 Å².